The molecule has 0 unspecified atom stereocenters. The zero-order valence-corrected chi connectivity index (χ0v) is 13.1. The van der Waals surface area contributed by atoms with Gasteiger partial charge in [-0.25, -0.2) is 4.79 Å². The number of carbonyl (C=O) groups is 1. The van der Waals surface area contributed by atoms with Crippen molar-refractivity contribution < 1.29 is 9.90 Å². The SMILES string of the molecule is O=C(N/C=C/c1ccc(Br)cc1)Nc1cc(Cl)ccc1O. The van der Waals surface area contributed by atoms with Crippen LogP contribution in [-0.4, -0.2) is 11.1 Å². The molecule has 21 heavy (non-hydrogen) atoms. The molecule has 0 heterocycles. The maximum atomic E-state index is 11.7. The van der Waals surface area contributed by atoms with Crippen LogP contribution in [0.25, 0.3) is 6.08 Å². The van der Waals surface area contributed by atoms with E-state index in [1.807, 2.05) is 24.3 Å². The number of rotatable bonds is 3. The zero-order chi connectivity index (χ0) is 15.2. The van der Waals surface area contributed by atoms with E-state index in [1.54, 1.807) is 6.08 Å². The van der Waals surface area contributed by atoms with E-state index in [4.69, 9.17) is 11.6 Å². The molecule has 0 radical (unpaired) electrons. The van der Waals surface area contributed by atoms with Gasteiger partial charge in [-0.15, -0.1) is 0 Å². The molecule has 0 aliphatic heterocycles. The molecule has 0 fully saturated rings. The number of hydrogen-bond acceptors (Lipinski definition) is 2. The fourth-order valence-electron chi connectivity index (χ4n) is 1.55. The summed E-state index contributed by atoms with van der Waals surface area (Å²) in [6, 6.07) is 11.6. The molecule has 0 aliphatic carbocycles. The number of anilines is 1. The lowest BCUT2D eigenvalue weighted by molar-refractivity contribution is 0.255. The summed E-state index contributed by atoms with van der Waals surface area (Å²) in [4.78, 5) is 11.7. The summed E-state index contributed by atoms with van der Waals surface area (Å²) in [7, 11) is 0. The first-order chi connectivity index (χ1) is 10.0. The Morgan fingerprint density at radius 3 is 2.62 bits per heavy atom. The van der Waals surface area contributed by atoms with Crippen LogP contribution < -0.4 is 10.6 Å². The van der Waals surface area contributed by atoms with Crippen molar-refractivity contribution in [1.29, 1.82) is 0 Å². The number of nitrogens with one attached hydrogen (secondary N) is 2. The highest BCUT2D eigenvalue weighted by molar-refractivity contribution is 9.10. The van der Waals surface area contributed by atoms with Crippen molar-refractivity contribution in [2.45, 2.75) is 0 Å². The molecule has 2 amide bonds. The van der Waals surface area contributed by atoms with Crippen molar-refractivity contribution in [2.24, 2.45) is 0 Å². The van der Waals surface area contributed by atoms with Gasteiger partial charge in [0.15, 0.2) is 0 Å². The average Bonchev–Trinajstić information content (AvgIpc) is 2.45. The molecule has 0 atom stereocenters. The van der Waals surface area contributed by atoms with Crippen LogP contribution in [0.5, 0.6) is 5.75 Å². The fourth-order valence-corrected chi connectivity index (χ4v) is 1.99. The molecule has 0 aromatic heterocycles. The first kappa shape index (κ1) is 15.4. The molecule has 0 saturated carbocycles. The zero-order valence-electron chi connectivity index (χ0n) is 10.8. The first-order valence-corrected chi connectivity index (χ1v) is 7.20. The van der Waals surface area contributed by atoms with Crippen molar-refractivity contribution in [3.05, 3.63) is 63.7 Å². The number of halogens is 2. The van der Waals surface area contributed by atoms with Gasteiger partial charge in [0.05, 0.1) is 5.69 Å². The third-order valence-electron chi connectivity index (χ3n) is 2.57. The summed E-state index contributed by atoms with van der Waals surface area (Å²) in [6.07, 6.45) is 3.27. The lowest BCUT2D eigenvalue weighted by Gasteiger charge is -2.07. The number of benzene rings is 2. The third-order valence-corrected chi connectivity index (χ3v) is 3.33. The van der Waals surface area contributed by atoms with Gasteiger partial charge < -0.3 is 15.7 Å². The second kappa shape index (κ2) is 7.15. The summed E-state index contributed by atoms with van der Waals surface area (Å²) < 4.78 is 0.988. The lowest BCUT2D eigenvalue weighted by atomic mass is 10.2. The molecule has 3 N–H and O–H groups in total. The number of hydrogen-bond donors (Lipinski definition) is 3. The van der Waals surface area contributed by atoms with Crippen LogP contribution in [-0.2, 0) is 0 Å². The van der Waals surface area contributed by atoms with Gasteiger partial charge in [0.25, 0.3) is 0 Å². The molecule has 0 saturated heterocycles. The number of aromatic hydroxyl groups is 1. The van der Waals surface area contributed by atoms with Crippen molar-refractivity contribution in [1.82, 2.24) is 5.32 Å². The van der Waals surface area contributed by atoms with E-state index in [2.05, 4.69) is 26.6 Å². The number of carbonyl (C=O) groups excluding carboxylic acids is 1. The van der Waals surface area contributed by atoms with Crippen LogP contribution >= 0.6 is 27.5 Å². The normalized spacial score (nSPS) is 10.6. The molecular formula is C15H12BrClN2O2. The summed E-state index contributed by atoms with van der Waals surface area (Å²) in [5, 5.41) is 15.1. The van der Waals surface area contributed by atoms with Crippen molar-refractivity contribution in [3.8, 4) is 5.75 Å². The van der Waals surface area contributed by atoms with E-state index in [0.29, 0.717) is 5.02 Å². The van der Waals surface area contributed by atoms with Gasteiger partial charge in [-0.1, -0.05) is 39.7 Å². The fraction of sp³-hybridized carbons (Fsp3) is 0. The van der Waals surface area contributed by atoms with E-state index >= 15 is 0 Å². The van der Waals surface area contributed by atoms with Gasteiger partial charge >= 0.3 is 6.03 Å². The van der Waals surface area contributed by atoms with E-state index in [1.165, 1.54) is 24.4 Å². The van der Waals surface area contributed by atoms with Gasteiger partial charge in [-0.05, 0) is 42.0 Å². The summed E-state index contributed by atoms with van der Waals surface area (Å²) in [5.41, 5.74) is 1.20. The average molecular weight is 368 g/mol. The van der Waals surface area contributed by atoms with Crippen LogP contribution in [0.4, 0.5) is 10.5 Å². The predicted molar refractivity (Wildman–Crippen MR) is 88.4 cm³/mol. The van der Waals surface area contributed by atoms with E-state index in [0.717, 1.165) is 10.0 Å². The van der Waals surface area contributed by atoms with Crippen LogP contribution in [0, 0.1) is 0 Å². The Bertz CT molecular complexity index is 672. The minimum Gasteiger partial charge on any atom is -0.506 e. The largest absolute Gasteiger partial charge is 0.506 e. The Balaban J connectivity index is 1.93. The number of urea groups is 1. The molecule has 2 aromatic carbocycles. The van der Waals surface area contributed by atoms with Crippen molar-refractivity contribution in [3.63, 3.8) is 0 Å². The molecule has 4 nitrogen and oxygen atoms in total. The first-order valence-electron chi connectivity index (χ1n) is 6.03. The van der Waals surface area contributed by atoms with Crippen LogP contribution in [0.2, 0.25) is 5.02 Å². The molecular weight excluding hydrogens is 356 g/mol. The Morgan fingerprint density at radius 1 is 1.19 bits per heavy atom. The third kappa shape index (κ3) is 4.81. The number of amides is 2. The van der Waals surface area contributed by atoms with Crippen molar-refractivity contribution in [2.75, 3.05) is 5.32 Å². The van der Waals surface area contributed by atoms with E-state index < -0.39 is 6.03 Å². The Labute approximate surface area is 135 Å². The van der Waals surface area contributed by atoms with Crippen LogP contribution in [0.3, 0.4) is 0 Å². The van der Waals surface area contributed by atoms with Crippen molar-refractivity contribution >= 4 is 45.3 Å². The molecule has 0 aliphatic rings. The molecule has 0 spiro atoms. The smallest absolute Gasteiger partial charge is 0.323 e. The maximum Gasteiger partial charge on any atom is 0.323 e. The summed E-state index contributed by atoms with van der Waals surface area (Å²) in [6.45, 7) is 0. The van der Waals surface area contributed by atoms with Gasteiger partial charge in [0.1, 0.15) is 5.75 Å². The molecule has 0 bridgehead atoms. The highest BCUT2D eigenvalue weighted by atomic mass is 79.9. The molecule has 2 aromatic rings. The quantitative estimate of drug-likeness (QED) is 0.694. The van der Waals surface area contributed by atoms with Gasteiger partial charge in [-0.3, -0.25) is 0 Å². The highest BCUT2D eigenvalue weighted by Crippen LogP contribution is 2.26. The molecule has 108 valence electrons. The lowest BCUT2D eigenvalue weighted by Crippen LogP contribution is -2.23. The second-order valence-electron chi connectivity index (χ2n) is 4.14. The molecule has 2 rings (SSSR count). The van der Waals surface area contributed by atoms with Gasteiger partial charge in [0, 0.05) is 15.7 Å². The summed E-state index contributed by atoms with van der Waals surface area (Å²) in [5.74, 6) is -0.0496. The predicted octanol–water partition coefficient (Wildman–Crippen LogP) is 4.60. The Morgan fingerprint density at radius 2 is 1.90 bits per heavy atom. The van der Waals surface area contributed by atoms with Crippen LogP contribution in [0.1, 0.15) is 5.56 Å². The minimum absolute atomic E-state index is 0.0496. The topological polar surface area (TPSA) is 61.4 Å². The Kier molecular flexibility index (Phi) is 5.25. The number of phenols is 1. The second-order valence-corrected chi connectivity index (χ2v) is 5.50. The minimum atomic E-state index is -0.471. The van der Waals surface area contributed by atoms with Crippen LogP contribution in [0.15, 0.2) is 53.1 Å². The Hall–Kier alpha value is -1.98. The molecule has 6 heteroatoms. The maximum absolute atomic E-state index is 11.7. The number of phenolic OH excluding ortho intramolecular Hbond substituents is 1. The van der Waals surface area contributed by atoms with Gasteiger partial charge in [0.2, 0.25) is 0 Å². The van der Waals surface area contributed by atoms with Gasteiger partial charge in [-0.2, -0.15) is 0 Å². The summed E-state index contributed by atoms with van der Waals surface area (Å²) >= 11 is 9.14. The highest BCUT2D eigenvalue weighted by Gasteiger charge is 2.05. The monoisotopic (exact) mass is 366 g/mol. The van der Waals surface area contributed by atoms with E-state index in [9.17, 15) is 9.90 Å². The van der Waals surface area contributed by atoms with E-state index in [-0.39, 0.29) is 11.4 Å². The standard InChI is InChI=1S/C15H12BrClN2O2/c16-11-3-1-10(2-4-11)7-8-18-15(21)19-13-9-12(17)5-6-14(13)20/h1-9,20H,(H2,18,19,21)/b8-7+.